The lowest BCUT2D eigenvalue weighted by Gasteiger charge is -2.53. The fraction of sp³-hybridized carbons (Fsp3) is 0.474. The molecular weight excluding hydrogens is 334 g/mol. The van der Waals surface area contributed by atoms with E-state index in [1.165, 1.54) is 0 Å². The van der Waals surface area contributed by atoms with E-state index in [1.807, 2.05) is 25.1 Å². The molecule has 0 saturated carbocycles. The zero-order valence-corrected chi connectivity index (χ0v) is 15.4. The lowest BCUT2D eigenvalue weighted by molar-refractivity contribution is -0.228. The normalized spacial score (nSPS) is 22.9. The third kappa shape index (κ3) is 3.08. The maximum absolute atomic E-state index is 12.6. The summed E-state index contributed by atoms with van der Waals surface area (Å²) < 4.78 is 16.6. The van der Waals surface area contributed by atoms with Crippen LogP contribution < -0.4 is 10.5 Å². The van der Waals surface area contributed by atoms with Crippen LogP contribution in [0, 0.1) is 0 Å². The second-order valence-electron chi connectivity index (χ2n) is 6.46. The Morgan fingerprint density at radius 2 is 2.31 bits per heavy atom. The average molecular weight is 359 g/mol. The molecule has 1 atom stereocenters. The summed E-state index contributed by atoms with van der Waals surface area (Å²) in [6, 6.07) is 1.91. The van der Waals surface area contributed by atoms with Gasteiger partial charge in [-0.05, 0) is 26.6 Å². The molecule has 3 rings (SSSR count). The van der Waals surface area contributed by atoms with Gasteiger partial charge in [0.1, 0.15) is 11.3 Å². The second kappa shape index (κ2) is 7.47. The maximum Gasteiger partial charge on any atom is 0.271 e. The fourth-order valence-electron chi connectivity index (χ4n) is 3.46. The molecule has 0 aromatic carbocycles. The lowest BCUT2D eigenvalue weighted by atomic mass is 9.90. The van der Waals surface area contributed by atoms with Crippen molar-refractivity contribution in [2.45, 2.75) is 25.5 Å². The maximum atomic E-state index is 12.6. The lowest BCUT2D eigenvalue weighted by Crippen LogP contribution is -2.68. The summed E-state index contributed by atoms with van der Waals surface area (Å²) in [6.45, 7) is 9.86. The first-order chi connectivity index (χ1) is 12.6. The highest BCUT2D eigenvalue weighted by molar-refractivity contribution is 5.77. The molecule has 2 aliphatic rings. The number of anilines is 1. The molecule has 1 aromatic rings. The molecule has 1 N–H and O–H groups in total. The van der Waals surface area contributed by atoms with Crippen LogP contribution in [-0.2, 0) is 14.2 Å². The van der Waals surface area contributed by atoms with Gasteiger partial charge in [-0.2, -0.15) is 0 Å². The smallest absolute Gasteiger partial charge is 0.271 e. The van der Waals surface area contributed by atoms with Gasteiger partial charge in [-0.25, -0.2) is 4.99 Å². The Morgan fingerprint density at radius 1 is 1.54 bits per heavy atom. The number of hydrogen-bond acceptors (Lipinski definition) is 6. The highest BCUT2D eigenvalue weighted by atomic mass is 16.6. The first kappa shape index (κ1) is 18.4. The number of morpholine rings is 1. The van der Waals surface area contributed by atoms with Gasteiger partial charge in [0.2, 0.25) is 5.88 Å². The van der Waals surface area contributed by atoms with Crippen molar-refractivity contribution in [3.05, 3.63) is 46.2 Å². The minimum absolute atomic E-state index is 0.0370. The van der Waals surface area contributed by atoms with E-state index in [1.54, 1.807) is 13.3 Å². The van der Waals surface area contributed by atoms with Gasteiger partial charge in [0.15, 0.2) is 0 Å². The molecule has 2 saturated heterocycles. The van der Waals surface area contributed by atoms with Gasteiger partial charge >= 0.3 is 0 Å². The summed E-state index contributed by atoms with van der Waals surface area (Å²) >= 11 is 0. The van der Waals surface area contributed by atoms with E-state index in [9.17, 15) is 4.79 Å². The number of nitrogens with one attached hydrogen (secondary N) is 1. The topological polar surface area (TPSA) is 76.2 Å². The Labute approximate surface area is 153 Å². The van der Waals surface area contributed by atoms with Crippen molar-refractivity contribution in [2.24, 2.45) is 4.99 Å². The van der Waals surface area contributed by atoms with Crippen molar-refractivity contribution in [1.82, 2.24) is 4.98 Å². The zero-order chi connectivity index (χ0) is 18.7. The Morgan fingerprint density at radius 3 is 2.88 bits per heavy atom. The molecular formula is C19H25N3O4. The molecule has 26 heavy (non-hydrogen) atoms. The van der Waals surface area contributed by atoms with Crippen molar-refractivity contribution in [3.8, 4) is 0 Å². The van der Waals surface area contributed by atoms with Crippen LogP contribution in [0.3, 0.4) is 0 Å². The summed E-state index contributed by atoms with van der Waals surface area (Å²) in [6.07, 6.45) is 5.44. The Balaban J connectivity index is 2.04. The van der Waals surface area contributed by atoms with Crippen LogP contribution in [-0.4, -0.2) is 56.8 Å². The molecule has 3 heterocycles. The average Bonchev–Trinajstić information content (AvgIpc) is 2.62. The van der Waals surface area contributed by atoms with Crippen LogP contribution >= 0.6 is 0 Å². The number of methoxy groups -OCH3 is 1. The Hall–Kier alpha value is -2.38. The molecule has 1 spiro atoms. The van der Waals surface area contributed by atoms with Crippen molar-refractivity contribution < 1.29 is 14.2 Å². The largest absolute Gasteiger partial charge is 0.481 e. The molecule has 7 nitrogen and oxygen atoms in total. The Kier molecular flexibility index (Phi) is 5.29. The van der Waals surface area contributed by atoms with E-state index < -0.39 is 0 Å². The zero-order valence-electron chi connectivity index (χ0n) is 15.4. The van der Waals surface area contributed by atoms with Crippen LogP contribution in [0.5, 0.6) is 0 Å². The predicted octanol–water partition coefficient (Wildman–Crippen LogP) is 1.96. The number of aliphatic imine (C=N–C) groups is 1. The molecule has 2 fully saturated rings. The van der Waals surface area contributed by atoms with Crippen LogP contribution in [0.25, 0.3) is 5.57 Å². The van der Waals surface area contributed by atoms with Crippen molar-refractivity contribution in [1.29, 1.82) is 0 Å². The van der Waals surface area contributed by atoms with Gasteiger partial charge in [0.25, 0.3) is 5.56 Å². The summed E-state index contributed by atoms with van der Waals surface area (Å²) in [7, 11) is 1.55. The summed E-state index contributed by atoms with van der Waals surface area (Å²) in [5, 5.41) is 0. The number of rotatable bonds is 5. The van der Waals surface area contributed by atoms with Crippen LogP contribution in [0.2, 0.25) is 0 Å². The van der Waals surface area contributed by atoms with Crippen LogP contribution in [0.1, 0.15) is 19.4 Å². The molecule has 0 aliphatic carbocycles. The first-order valence-corrected chi connectivity index (χ1v) is 8.65. The molecule has 0 radical (unpaired) electrons. The monoisotopic (exact) mass is 359 g/mol. The van der Waals surface area contributed by atoms with Crippen LogP contribution in [0.15, 0.2) is 40.1 Å². The molecule has 0 bridgehead atoms. The van der Waals surface area contributed by atoms with Gasteiger partial charge in [-0.15, -0.1) is 0 Å². The molecule has 0 amide bonds. The van der Waals surface area contributed by atoms with E-state index >= 15 is 0 Å². The molecule has 1 unspecified atom stereocenters. The van der Waals surface area contributed by atoms with E-state index in [0.29, 0.717) is 37.9 Å². The van der Waals surface area contributed by atoms with Crippen molar-refractivity contribution in [3.63, 3.8) is 0 Å². The van der Waals surface area contributed by atoms with E-state index in [4.69, 9.17) is 14.2 Å². The van der Waals surface area contributed by atoms with Gasteiger partial charge in [0, 0.05) is 23.9 Å². The predicted molar refractivity (Wildman–Crippen MR) is 102 cm³/mol. The number of allylic oxidation sites excluding steroid dienone is 3. The van der Waals surface area contributed by atoms with Gasteiger partial charge in [-0.1, -0.05) is 12.2 Å². The third-order valence-electron chi connectivity index (χ3n) is 5.05. The highest BCUT2D eigenvalue weighted by Crippen LogP contribution is 2.34. The number of hydrogen-bond donors (Lipinski definition) is 1. The van der Waals surface area contributed by atoms with Gasteiger partial charge in [-0.3, -0.25) is 4.79 Å². The van der Waals surface area contributed by atoms with E-state index in [-0.39, 0.29) is 17.2 Å². The third-order valence-corrected chi connectivity index (χ3v) is 5.05. The molecule has 7 heteroatoms. The Bertz CT molecular complexity index is 792. The molecule has 140 valence electrons. The quantitative estimate of drug-likeness (QED) is 0.494. The van der Waals surface area contributed by atoms with E-state index in [2.05, 4.69) is 28.5 Å². The number of aromatic nitrogens is 1. The minimum atomic E-state index is -0.330. The van der Waals surface area contributed by atoms with Crippen molar-refractivity contribution in [2.75, 3.05) is 38.4 Å². The summed E-state index contributed by atoms with van der Waals surface area (Å²) in [5.74, 6) is 0.403. The van der Waals surface area contributed by atoms with E-state index in [0.717, 1.165) is 11.1 Å². The number of aromatic amines is 1. The van der Waals surface area contributed by atoms with Gasteiger partial charge < -0.3 is 24.1 Å². The molecule has 1 aromatic heterocycles. The van der Waals surface area contributed by atoms with Crippen molar-refractivity contribution >= 4 is 18.0 Å². The standard InChI is InChI=1S/C19H25N3O4/c1-5-6-15(18(20-3)24-4)14-9-16(17(23)21-10-14)22-7-8-26-19(13(22)2)11-25-12-19/h5-6,9-10,13H,3,7-8,11-12H2,1-2,4H3,(H,21,23)/b6-5-,18-15-. The van der Waals surface area contributed by atoms with Crippen LogP contribution in [0.4, 0.5) is 5.69 Å². The summed E-state index contributed by atoms with van der Waals surface area (Å²) in [4.78, 5) is 21.4. The minimum Gasteiger partial charge on any atom is -0.481 e. The number of nitrogens with zero attached hydrogens (tertiary/aromatic N) is 2. The SMILES string of the molecule is C=N/C(OC)=C(\C=C/C)c1c[nH]c(=O)c(N2CCOC3(COC3)C2C)c1. The number of H-pyrrole nitrogens is 1. The fourth-order valence-corrected chi connectivity index (χ4v) is 3.46. The summed E-state index contributed by atoms with van der Waals surface area (Å²) in [5.41, 5.74) is 1.70. The molecule has 2 aliphatic heterocycles. The first-order valence-electron chi connectivity index (χ1n) is 8.65. The highest BCUT2D eigenvalue weighted by Gasteiger charge is 2.50. The number of ether oxygens (including phenoxy) is 3. The number of pyridine rings is 1. The second-order valence-corrected chi connectivity index (χ2v) is 6.46. The van der Waals surface area contributed by atoms with Gasteiger partial charge in [0.05, 0.1) is 33.0 Å².